The largest absolute Gasteiger partial charge is 0.384 e. The van der Waals surface area contributed by atoms with Crippen LogP contribution in [0, 0.1) is 10.1 Å². The second-order valence-corrected chi connectivity index (χ2v) is 5.31. The minimum absolute atomic E-state index is 0.0362. The van der Waals surface area contributed by atoms with Gasteiger partial charge in [-0.1, -0.05) is 6.07 Å². The maximum Gasteiger partial charge on any atom is 0.300 e. The Morgan fingerprint density at radius 2 is 2.33 bits per heavy atom. The van der Waals surface area contributed by atoms with Gasteiger partial charge in [0.25, 0.3) is 11.6 Å². The first-order chi connectivity index (χ1) is 10.0. The molecule has 1 amide bonds. The Bertz CT molecular complexity index is 657. The van der Waals surface area contributed by atoms with Gasteiger partial charge in [0.1, 0.15) is 17.6 Å². The van der Waals surface area contributed by atoms with Gasteiger partial charge in [-0.2, -0.15) is 0 Å². The summed E-state index contributed by atoms with van der Waals surface area (Å²) in [7, 11) is 0. The van der Waals surface area contributed by atoms with Crippen molar-refractivity contribution in [1.29, 1.82) is 0 Å². The van der Waals surface area contributed by atoms with Crippen molar-refractivity contribution in [2.24, 2.45) is 0 Å². The maximum absolute atomic E-state index is 12.5. The molecule has 0 bridgehead atoms. The number of nitrogens with two attached hydrogens (primary N) is 1. The van der Waals surface area contributed by atoms with Crippen LogP contribution in [0.1, 0.15) is 22.2 Å². The van der Waals surface area contributed by atoms with E-state index in [2.05, 4.69) is 4.98 Å². The van der Waals surface area contributed by atoms with E-state index in [4.69, 9.17) is 5.73 Å². The summed E-state index contributed by atoms with van der Waals surface area (Å²) in [4.78, 5) is 29.1. The van der Waals surface area contributed by atoms with Crippen molar-refractivity contribution in [3.63, 3.8) is 0 Å². The molecule has 0 atom stereocenters. The van der Waals surface area contributed by atoms with Gasteiger partial charge in [0.05, 0.1) is 11.5 Å². The van der Waals surface area contributed by atoms with Gasteiger partial charge in [-0.25, -0.2) is 4.98 Å². The summed E-state index contributed by atoms with van der Waals surface area (Å²) < 4.78 is 0. The van der Waals surface area contributed by atoms with Crippen molar-refractivity contribution in [3.05, 3.63) is 50.3 Å². The summed E-state index contributed by atoms with van der Waals surface area (Å²) in [6, 6.07) is 5.05. The quantitative estimate of drug-likeness (QED) is 0.674. The Kier molecular flexibility index (Phi) is 4.49. The predicted octanol–water partition coefficient (Wildman–Crippen LogP) is 2.30. The van der Waals surface area contributed by atoms with Gasteiger partial charge >= 0.3 is 0 Å². The number of aromatic nitrogens is 1. The molecule has 2 heterocycles. The zero-order chi connectivity index (χ0) is 15.4. The van der Waals surface area contributed by atoms with Crippen LogP contribution in [0.2, 0.25) is 0 Å². The van der Waals surface area contributed by atoms with Crippen LogP contribution >= 0.6 is 11.3 Å². The number of rotatable bonds is 5. The Morgan fingerprint density at radius 1 is 1.57 bits per heavy atom. The van der Waals surface area contributed by atoms with Gasteiger partial charge in [-0.15, -0.1) is 11.3 Å². The van der Waals surface area contributed by atoms with E-state index in [-0.39, 0.29) is 17.1 Å². The minimum atomic E-state index is -0.626. The third-order valence-electron chi connectivity index (χ3n) is 2.93. The van der Waals surface area contributed by atoms with Crippen molar-refractivity contribution in [2.45, 2.75) is 13.5 Å². The number of amides is 1. The molecule has 0 saturated heterocycles. The highest BCUT2D eigenvalue weighted by Crippen LogP contribution is 2.22. The zero-order valence-corrected chi connectivity index (χ0v) is 12.2. The molecule has 0 aromatic carbocycles. The van der Waals surface area contributed by atoms with E-state index < -0.39 is 10.8 Å². The zero-order valence-electron chi connectivity index (χ0n) is 11.4. The molecule has 110 valence electrons. The predicted molar refractivity (Wildman–Crippen MR) is 80.0 cm³/mol. The number of carbonyl (C=O) groups is 1. The van der Waals surface area contributed by atoms with Gasteiger partial charge in [0.15, 0.2) is 0 Å². The van der Waals surface area contributed by atoms with Crippen molar-refractivity contribution < 1.29 is 9.72 Å². The number of hydrogen-bond donors (Lipinski definition) is 1. The van der Waals surface area contributed by atoms with Crippen LogP contribution in [0.15, 0.2) is 29.8 Å². The lowest BCUT2D eigenvalue weighted by Crippen LogP contribution is -2.30. The lowest BCUT2D eigenvalue weighted by Gasteiger charge is -2.20. The molecule has 2 aromatic rings. The Balaban J connectivity index is 2.33. The Morgan fingerprint density at radius 3 is 2.90 bits per heavy atom. The first-order valence-electron chi connectivity index (χ1n) is 6.24. The highest BCUT2D eigenvalue weighted by molar-refractivity contribution is 7.09. The van der Waals surface area contributed by atoms with Gasteiger partial charge in [0.2, 0.25) is 0 Å². The van der Waals surface area contributed by atoms with E-state index >= 15 is 0 Å². The fourth-order valence-electron chi connectivity index (χ4n) is 1.87. The molecule has 2 aromatic heterocycles. The van der Waals surface area contributed by atoms with Crippen LogP contribution in [0.25, 0.3) is 0 Å². The number of nitro groups is 1. The van der Waals surface area contributed by atoms with Crippen LogP contribution in [-0.2, 0) is 6.54 Å². The highest BCUT2D eigenvalue weighted by Gasteiger charge is 2.25. The summed E-state index contributed by atoms with van der Waals surface area (Å²) in [5.41, 5.74) is 5.17. The molecule has 8 heteroatoms. The summed E-state index contributed by atoms with van der Waals surface area (Å²) in [5, 5.41) is 12.9. The average molecular weight is 306 g/mol. The number of anilines is 1. The summed E-state index contributed by atoms with van der Waals surface area (Å²) in [6.45, 7) is 2.67. The van der Waals surface area contributed by atoms with E-state index in [1.165, 1.54) is 22.3 Å². The Hall–Kier alpha value is -2.48. The smallest absolute Gasteiger partial charge is 0.300 e. The van der Waals surface area contributed by atoms with Gasteiger partial charge < -0.3 is 10.6 Å². The fraction of sp³-hybridized carbons (Fsp3) is 0.231. The number of carbonyl (C=O) groups excluding carboxylic acids is 1. The number of pyridine rings is 1. The van der Waals surface area contributed by atoms with Crippen LogP contribution in [-0.4, -0.2) is 27.3 Å². The molecule has 0 radical (unpaired) electrons. The molecule has 0 saturated carbocycles. The monoisotopic (exact) mass is 306 g/mol. The molecular formula is C13H14N4O3S. The molecule has 0 aliphatic rings. The molecule has 0 unspecified atom stereocenters. The molecule has 2 rings (SSSR count). The van der Waals surface area contributed by atoms with Crippen molar-refractivity contribution >= 4 is 28.7 Å². The van der Waals surface area contributed by atoms with E-state index in [9.17, 15) is 14.9 Å². The van der Waals surface area contributed by atoms with E-state index in [0.29, 0.717) is 13.1 Å². The SMILES string of the molecule is CCN(Cc1cccs1)C(=O)c1cc(N)ncc1[N+](=O)[O-]. The summed E-state index contributed by atoms with van der Waals surface area (Å²) in [6.07, 6.45) is 1.02. The van der Waals surface area contributed by atoms with Crippen molar-refractivity contribution in [2.75, 3.05) is 12.3 Å². The second-order valence-electron chi connectivity index (χ2n) is 4.28. The molecule has 2 N–H and O–H groups in total. The van der Waals surface area contributed by atoms with Crippen LogP contribution in [0.4, 0.5) is 11.5 Å². The van der Waals surface area contributed by atoms with Crippen molar-refractivity contribution in [1.82, 2.24) is 9.88 Å². The first-order valence-corrected chi connectivity index (χ1v) is 7.12. The summed E-state index contributed by atoms with van der Waals surface area (Å²) >= 11 is 1.53. The first kappa shape index (κ1) is 14.9. The van der Waals surface area contributed by atoms with Gasteiger partial charge in [-0.05, 0) is 24.4 Å². The lowest BCUT2D eigenvalue weighted by atomic mass is 10.2. The Labute approximate surface area is 125 Å². The van der Waals surface area contributed by atoms with E-state index in [0.717, 1.165) is 11.1 Å². The number of thiophene rings is 1. The fourth-order valence-corrected chi connectivity index (χ4v) is 2.59. The highest BCUT2D eigenvalue weighted by atomic mass is 32.1. The van der Waals surface area contributed by atoms with Gasteiger partial charge in [-0.3, -0.25) is 14.9 Å². The normalized spacial score (nSPS) is 10.3. The molecule has 7 nitrogen and oxygen atoms in total. The van der Waals surface area contributed by atoms with Gasteiger partial charge in [0, 0.05) is 11.4 Å². The lowest BCUT2D eigenvalue weighted by molar-refractivity contribution is -0.385. The molecule has 0 aliphatic carbocycles. The molecule has 0 fully saturated rings. The number of nitrogen functional groups attached to an aromatic ring is 1. The average Bonchev–Trinajstić information content (AvgIpc) is 2.96. The second kappa shape index (κ2) is 6.31. The number of hydrogen-bond acceptors (Lipinski definition) is 6. The molecule has 0 spiro atoms. The maximum atomic E-state index is 12.5. The minimum Gasteiger partial charge on any atom is -0.384 e. The van der Waals surface area contributed by atoms with Crippen molar-refractivity contribution in [3.8, 4) is 0 Å². The van der Waals surface area contributed by atoms with Crippen LogP contribution in [0.3, 0.4) is 0 Å². The van der Waals surface area contributed by atoms with E-state index in [1.807, 2.05) is 24.4 Å². The van der Waals surface area contributed by atoms with E-state index in [1.54, 1.807) is 0 Å². The van der Waals surface area contributed by atoms with Crippen LogP contribution in [0.5, 0.6) is 0 Å². The molecule has 0 aliphatic heterocycles. The van der Waals surface area contributed by atoms with Crippen LogP contribution < -0.4 is 5.73 Å². The summed E-state index contributed by atoms with van der Waals surface area (Å²) in [5.74, 6) is -0.345. The third-order valence-corrected chi connectivity index (χ3v) is 3.79. The standard InChI is InChI=1S/C13H14N4O3S/c1-2-16(8-9-4-3-5-21-9)13(18)10-6-12(14)15-7-11(10)17(19)20/h3-7H,2,8H2,1H3,(H2,14,15). The number of nitrogens with zero attached hydrogens (tertiary/aromatic N) is 3. The third kappa shape index (κ3) is 3.34. The molecule has 21 heavy (non-hydrogen) atoms. The topological polar surface area (TPSA) is 102 Å². The molecular weight excluding hydrogens is 292 g/mol.